The summed E-state index contributed by atoms with van der Waals surface area (Å²) in [5.41, 5.74) is 1.13. The van der Waals surface area contributed by atoms with Gasteiger partial charge in [0.25, 0.3) is 0 Å². The van der Waals surface area contributed by atoms with Gasteiger partial charge in [0.15, 0.2) is 0 Å². The van der Waals surface area contributed by atoms with Crippen molar-refractivity contribution in [3.8, 4) is 11.5 Å². The second kappa shape index (κ2) is 8.06. The van der Waals surface area contributed by atoms with Crippen LogP contribution in [0.1, 0.15) is 31.4 Å². The number of carbonyl (C=O) groups excluding carboxylic acids is 1. The molecule has 0 saturated carbocycles. The molecule has 0 spiro atoms. The van der Waals surface area contributed by atoms with Crippen LogP contribution in [-0.4, -0.2) is 68.8 Å². The van der Waals surface area contributed by atoms with Gasteiger partial charge in [-0.05, 0) is 32.4 Å². The van der Waals surface area contributed by atoms with Gasteiger partial charge in [-0.2, -0.15) is 0 Å². The molecular weight excluding hydrogens is 320 g/mol. The molecule has 0 bridgehead atoms. The maximum Gasteiger partial charge on any atom is 0.236 e. The van der Waals surface area contributed by atoms with E-state index in [4.69, 9.17) is 14.2 Å². The average molecular weight is 348 g/mol. The maximum atomic E-state index is 12.7. The number of benzene rings is 1. The first-order chi connectivity index (χ1) is 12.1. The zero-order valence-electron chi connectivity index (χ0n) is 15.4. The molecule has 2 heterocycles. The van der Waals surface area contributed by atoms with E-state index in [1.807, 2.05) is 24.0 Å². The summed E-state index contributed by atoms with van der Waals surface area (Å²) in [6.45, 7) is 5.40. The lowest BCUT2D eigenvalue weighted by atomic mass is 10.0. The van der Waals surface area contributed by atoms with E-state index in [0.29, 0.717) is 26.2 Å². The number of hydrogen-bond donors (Lipinski definition) is 0. The molecule has 1 amide bonds. The summed E-state index contributed by atoms with van der Waals surface area (Å²) in [6, 6.07) is 6.14. The normalized spacial score (nSPS) is 24.4. The van der Waals surface area contributed by atoms with Crippen LogP contribution < -0.4 is 9.47 Å². The van der Waals surface area contributed by atoms with Crippen LogP contribution in [0, 0.1) is 0 Å². The molecule has 0 N–H and O–H groups in total. The Bertz CT molecular complexity index is 607. The zero-order valence-corrected chi connectivity index (χ0v) is 15.4. The number of morpholine rings is 1. The largest absolute Gasteiger partial charge is 0.497 e. The summed E-state index contributed by atoms with van der Waals surface area (Å²) in [7, 11) is 3.33. The Kier molecular flexibility index (Phi) is 5.81. The van der Waals surface area contributed by atoms with Crippen LogP contribution in [0.5, 0.6) is 11.5 Å². The third-order valence-corrected chi connectivity index (χ3v) is 5.10. The number of amides is 1. The Hall–Kier alpha value is -1.79. The summed E-state index contributed by atoms with van der Waals surface area (Å²) in [5.74, 6) is 1.79. The molecule has 0 aromatic heterocycles. The van der Waals surface area contributed by atoms with Crippen molar-refractivity contribution in [2.75, 3.05) is 47.0 Å². The third kappa shape index (κ3) is 4.07. The molecule has 0 radical (unpaired) electrons. The molecule has 2 saturated heterocycles. The minimum absolute atomic E-state index is 0.119. The molecule has 1 aromatic carbocycles. The first kappa shape index (κ1) is 18.0. The fourth-order valence-corrected chi connectivity index (χ4v) is 3.78. The predicted molar refractivity (Wildman–Crippen MR) is 95.1 cm³/mol. The minimum Gasteiger partial charge on any atom is -0.497 e. The molecule has 25 heavy (non-hydrogen) atoms. The monoisotopic (exact) mass is 348 g/mol. The molecular formula is C19H28N2O4. The highest BCUT2D eigenvalue weighted by Crippen LogP contribution is 2.38. The fraction of sp³-hybridized carbons (Fsp3) is 0.632. The number of carbonyl (C=O) groups is 1. The van der Waals surface area contributed by atoms with E-state index in [2.05, 4.69) is 11.0 Å². The van der Waals surface area contributed by atoms with Gasteiger partial charge in [-0.25, -0.2) is 0 Å². The summed E-state index contributed by atoms with van der Waals surface area (Å²) in [5, 5.41) is 0. The van der Waals surface area contributed by atoms with E-state index in [1.54, 1.807) is 14.2 Å². The van der Waals surface area contributed by atoms with Crippen molar-refractivity contribution >= 4 is 5.91 Å². The van der Waals surface area contributed by atoms with Crippen LogP contribution in [0.4, 0.5) is 0 Å². The van der Waals surface area contributed by atoms with Crippen molar-refractivity contribution in [3.05, 3.63) is 23.8 Å². The maximum absolute atomic E-state index is 12.7. The Morgan fingerprint density at radius 2 is 2.12 bits per heavy atom. The molecule has 6 heteroatoms. The molecule has 3 rings (SSSR count). The van der Waals surface area contributed by atoms with Crippen LogP contribution in [0.25, 0.3) is 0 Å². The molecule has 2 aliphatic rings. The second-order valence-electron chi connectivity index (χ2n) is 6.76. The van der Waals surface area contributed by atoms with Gasteiger partial charge in [0.1, 0.15) is 11.5 Å². The Balaban J connectivity index is 1.71. The van der Waals surface area contributed by atoms with Crippen LogP contribution in [-0.2, 0) is 9.53 Å². The van der Waals surface area contributed by atoms with Gasteiger partial charge in [0, 0.05) is 30.8 Å². The molecule has 2 aliphatic heterocycles. The highest BCUT2D eigenvalue weighted by Gasteiger charge is 2.32. The second-order valence-corrected chi connectivity index (χ2v) is 6.76. The van der Waals surface area contributed by atoms with E-state index in [-0.39, 0.29) is 18.1 Å². The van der Waals surface area contributed by atoms with Gasteiger partial charge < -0.3 is 19.1 Å². The zero-order chi connectivity index (χ0) is 17.8. The van der Waals surface area contributed by atoms with Crippen molar-refractivity contribution in [1.29, 1.82) is 0 Å². The van der Waals surface area contributed by atoms with Gasteiger partial charge in [0.05, 0.1) is 33.5 Å². The summed E-state index contributed by atoms with van der Waals surface area (Å²) in [4.78, 5) is 16.9. The fourth-order valence-electron chi connectivity index (χ4n) is 3.78. The third-order valence-electron chi connectivity index (χ3n) is 5.10. The molecule has 6 nitrogen and oxygen atoms in total. The smallest absolute Gasteiger partial charge is 0.236 e. The van der Waals surface area contributed by atoms with Crippen LogP contribution in [0.2, 0.25) is 0 Å². The van der Waals surface area contributed by atoms with Crippen LogP contribution in [0.3, 0.4) is 0 Å². The number of likely N-dealkylation sites (tertiary alicyclic amines) is 1. The molecule has 0 unspecified atom stereocenters. The topological polar surface area (TPSA) is 51.2 Å². The molecule has 2 fully saturated rings. The first-order valence-corrected chi connectivity index (χ1v) is 8.97. The van der Waals surface area contributed by atoms with E-state index in [1.165, 1.54) is 0 Å². The molecule has 2 atom stereocenters. The van der Waals surface area contributed by atoms with Gasteiger partial charge in [0.2, 0.25) is 5.91 Å². The number of rotatable bonds is 5. The lowest BCUT2D eigenvalue weighted by Gasteiger charge is -2.33. The standard InChI is InChI=1S/C19H28N2O4/c1-14-12-21(9-10-25-14)19(22)13-20-8-4-5-17(20)16-7-6-15(23-2)11-18(16)24-3/h6-7,11,14,17H,4-5,8-10,12-13H2,1-3H3/t14-,17+/m0/s1. The van der Waals surface area contributed by atoms with Gasteiger partial charge in [-0.3, -0.25) is 9.69 Å². The number of hydrogen-bond acceptors (Lipinski definition) is 5. The van der Waals surface area contributed by atoms with E-state index < -0.39 is 0 Å². The first-order valence-electron chi connectivity index (χ1n) is 8.97. The van der Waals surface area contributed by atoms with Gasteiger partial charge in [-0.15, -0.1) is 0 Å². The lowest BCUT2D eigenvalue weighted by Crippen LogP contribution is -2.48. The Morgan fingerprint density at radius 1 is 1.28 bits per heavy atom. The summed E-state index contributed by atoms with van der Waals surface area (Å²) >= 11 is 0. The van der Waals surface area contributed by atoms with E-state index in [9.17, 15) is 4.79 Å². The molecule has 1 aromatic rings. The highest BCUT2D eigenvalue weighted by molar-refractivity contribution is 5.78. The number of nitrogens with zero attached hydrogens (tertiary/aromatic N) is 2. The Labute approximate surface area is 149 Å². The van der Waals surface area contributed by atoms with Crippen LogP contribution >= 0.6 is 0 Å². The van der Waals surface area contributed by atoms with Crippen molar-refractivity contribution in [1.82, 2.24) is 9.80 Å². The van der Waals surface area contributed by atoms with Crippen molar-refractivity contribution in [2.24, 2.45) is 0 Å². The molecule has 0 aliphatic carbocycles. The number of ether oxygens (including phenoxy) is 3. The predicted octanol–water partition coefficient (Wildman–Crippen LogP) is 2.09. The van der Waals surface area contributed by atoms with Crippen molar-refractivity contribution in [2.45, 2.75) is 31.9 Å². The average Bonchev–Trinajstić information content (AvgIpc) is 3.08. The SMILES string of the molecule is COc1ccc([C@H]2CCCN2CC(=O)N2CCO[C@@H](C)C2)c(OC)c1. The van der Waals surface area contributed by atoms with E-state index >= 15 is 0 Å². The van der Waals surface area contributed by atoms with Crippen LogP contribution in [0.15, 0.2) is 18.2 Å². The van der Waals surface area contributed by atoms with Crippen molar-refractivity contribution < 1.29 is 19.0 Å². The minimum atomic E-state index is 0.119. The summed E-state index contributed by atoms with van der Waals surface area (Å²) < 4.78 is 16.4. The van der Waals surface area contributed by atoms with E-state index in [0.717, 1.165) is 36.4 Å². The number of methoxy groups -OCH3 is 2. The summed E-state index contributed by atoms with van der Waals surface area (Å²) in [6.07, 6.45) is 2.25. The van der Waals surface area contributed by atoms with Gasteiger partial charge in [-0.1, -0.05) is 6.07 Å². The van der Waals surface area contributed by atoms with Gasteiger partial charge >= 0.3 is 0 Å². The van der Waals surface area contributed by atoms with Crippen molar-refractivity contribution in [3.63, 3.8) is 0 Å². The Morgan fingerprint density at radius 3 is 2.84 bits per heavy atom. The quantitative estimate of drug-likeness (QED) is 0.816. The highest BCUT2D eigenvalue weighted by atomic mass is 16.5. The molecule has 138 valence electrons. The lowest BCUT2D eigenvalue weighted by molar-refractivity contribution is -0.139.